The minimum atomic E-state index is -0.560. The zero-order chi connectivity index (χ0) is 11.5. The molecule has 0 aliphatic carbocycles. The molecule has 0 saturated carbocycles. The summed E-state index contributed by atoms with van der Waals surface area (Å²) in [6.07, 6.45) is 0. The molecule has 0 spiro atoms. The number of rotatable bonds is 1. The third-order valence-corrected chi connectivity index (χ3v) is 2.28. The zero-order valence-electron chi connectivity index (χ0n) is 8.31. The molecule has 0 amide bonds. The maximum Gasteiger partial charge on any atom is 0.148 e. The lowest BCUT2D eigenvalue weighted by atomic mass is 10.0. The number of halogens is 1. The van der Waals surface area contributed by atoms with Crippen molar-refractivity contribution in [3.63, 3.8) is 0 Å². The van der Waals surface area contributed by atoms with Gasteiger partial charge in [0.25, 0.3) is 0 Å². The van der Waals surface area contributed by atoms with Crippen LogP contribution in [0.4, 0.5) is 4.39 Å². The molecule has 0 heterocycles. The first-order valence-electron chi connectivity index (χ1n) is 4.70. The predicted molar refractivity (Wildman–Crippen MR) is 58.2 cm³/mol. The number of hydrogen-bond donors (Lipinski definition) is 1. The van der Waals surface area contributed by atoms with Gasteiger partial charge in [-0.3, -0.25) is 0 Å². The van der Waals surface area contributed by atoms with E-state index < -0.39 is 5.82 Å². The van der Waals surface area contributed by atoms with Crippen molar-refractivity contribution < 1.29 is 9.50 Å². The molecule has 0 aromatic heterocycles. The highest BCUT2D eigenvalue weighted by Gasteiger charge is 2.09. The van der Waals surface area contributed by atoms with Crippen molar-refractivity contribution in [2.24, 2.45) is 0 Å². The van der Waals surface area contributed by atoms with Crippen LogP contribution >= 0.6 is 0 Å². The van der Waals surface area contributed by atoms with E-state index in [1.54, 1.807) is 30.3 Å². The minimum absolute atomic E-state index is 0.000780. The minimum Gasteiger partial charge on any atom is -0.508 e. The molecule has 78 valence electrons. The maximum atomic E-state index is 13.8. The van der Waals surface area contributed by atoms with Gasteiger partial charge in [-0.25, -0.2) is 4.39 Å². The molecular weight excluding hydrogens is 205 g/mol. The van der Waals surface area contributed by atoms with Gasteiger partial charge in [-0.2, -0.15) is 5.26 Å². The summed E-state index contributed by atoms with van der Waals surface area (Å²) in [5, 5.41) is 18.0. The quantitative estimate of drug-likeness (QED) is 0.791. The van der Waals surface area contributed by atoms with Gasteiger partial charge in [0.1, 0.15) is 17.6 Å². The second-order valence-electron chi connectivity index (χ2n) is 3.33. The third kappa shape index (κ3) is 1.73. The molecule has 0 fully saturated rings. The molecule has 0 radical (unpaired) electrons. The average Bonchev–Trinajstić information content (AvgIpc) is 2.29. The Morgan fingerprint density at radius 3 is 2.56 bits per heavy atom. The van der Waals surface area contributed by atoms with Gasteiger partial charge >= 0.3 is 0 Å². The summed E-state index contributed by atoms with van der Waals surface area (Å²) in [5.41, 5.74) is 0.866. The Balaban J connectivity index is 2.62. The summed E-state index contributed by atoms with van der Waals surface area (Å²) in [6.45, 7) is 0. The van der Waals surface area contributed by atoms with Crippen molar-refractivity contribution in [1.82, 2.24) is 0 Å². The van der Waals surface area contributed by atoms with E-state index in [-0.39, 0.29) is 11.3 Å². The summed E-state index contributed by atoms with van der Waals surface area (Å²) < 4.78 is 13.8. The summed E-state index contributed by atoms with van der Waals surface area (Å²) in [4.78, 5) is 0. The van der Waals surface area contributed by atoms with Gasteiger partial charge in [-0.1, -0.05) is 24.3 Å². The molecule has 3 heteroatoms. The van der Waals surface area contributed by atoms with Crippen LogP contribution in [0.1, 0.15) is 5.56 Å². The highest BCUT2D eigenvalue weighted by molar-refractivity contribution is 5.67. The number of aromatic hydroxyl groups is 1. The molecule has 0 saturated heterocycles. The highest BCUT2D eigenvalue weighted by atomic mass is 19.1. The second-order valence-corrected chi connectivity index (χ2v) is 3.33. The SMILES string of the molecule is N#Cc1cccc(-c2cccc(O)c2)c1F. The standard InChI is InChI=1S/C13H8FNO/c14-13-10(8-15)4-2-6-12(13)9-3-1-5-11(16)7-9/h1-7,16H. The molecule has 1 N–H and O–H groups in total. The van der Waals surface area contributed by atoms with Gasteiger partial charge in [0.15, 0.2) is 0 Å². The van der Waals surface area contributed by atoms with Crippen molar-refractivity contribution >= 4 is 0 Å². The topological polar surface area (TPSA) is 44.0 Å². The van der Waals surface area contributed by atoms with Gasteiger partial charge in [-0.05, 0) is 23.8 Å². The normalized spacial score (nSPS) is 9.75. The van der Waals surface area contributed by atoms with Crippen LogP contribution in [0, 0.1) is 17.1 Å². The largest absolute Gasteiger partial charge is 0.508 e. The Labute approximate surface area is 92.2 Å². The van der Waals surface area contributed by atoms with E-state index in [4.69, 9.17) is 5.26 Å². The fourth-order valence-electron chi connectivity index (χ4n) is 1.51. The van der Waals surface area contributed by atoms with Crippen LogP contribution in [-0.2, 0) is 0 Å². The number of phenols is 1. The molecule has 0 atom stereocenters. The van der Waals surface area contributed by atoms with Crippen molar-refractivity contribution in [1.29, 1.82) is 5.26 Å². The molecular formula is C13H8FNO. The van der Waals surface area contributed by atoms with Gasteiger partial charge in [-0.15, -0.1) is 0 Å². The number of nitriles is 1. The molecule has 2 aromatic rings. The van der Waals surface area contributed by atoms with Crippen LogP contribution in [0.25, 0.3) is 11.1 Å². The number of hydrogen-bond acceptors (Lipinski definition) is 2. The van der Waals surface area contributed by atoms with Crippen LogP contribution in [0.3, 0.4) is 0 Å². The van der Waals surface area contributed by atoms with E-state index in [1.807, 2.05) is 0 Å². The molecule has 0 bridgehead atoms. The monoisotopic (exact) mass is 213 g/mol. The Hall–Kier alpha value is -2.34. The Morgan fingerprint density at radius 2 is 1.88 bits per heavy atom. The first-order chi connectivity index (χ1) is 7.72. The predicted octanol–water partition coefficient (Wildman–Crippen LogP) is 3.07. The van der Waals surface area contributed by atoms with Crippen molar-refractivity contribution in [3.05, 3.63) is 53.8 Å². The molecule has 0 aliphatic heterocycles. The summed E-state index contributed by atoms with van der Waals surface area (Å²) in [7, 11) is 0. The van der Waals surface area contributed by atoms with Crippen molar-refractivity contribution in [2.45, 2.75) is 0 Å². The lowest BCUT2D eigenvalue weighted by Gasteiger charge is -2.04. The molecule has 2 rings (SSSR count). The summed E-state index contributed by atoms with van der Waals surface area (Å²) >= 11 is 0. The molecule has 2 nitrogen and oxygen atoms in total. The fraction of sp³-hybridized carbons (Fsp3) is 0. The van der Waals surface area contributed by atoms with Crippen LogP contribution in [0.15, 0.2) is 42.5 Å². The summed E-state index contributed by atoms with van der Waals surface area (Å²) in [6, 6.07) is 12.7. The Morgan fingerprint density at radius 1 is 1.12 bits per heavy atom. The van der Waals surface area contributed by atoms with E-state index in [9.17, 15) is 9.50 Å². The van der Waals surface area contributed by atoms with Crippen LogP contribution < -0.4 is 0 Å². The lowest BCUT2D eigenvalue weighted by Crippen LogP contribution is -1.88. The van der Waals surface area contributed by atoms with Gasteiger partial charge in [0.05, 0.1) is 5.56 Å². The number of nitrogens with zero attached hydrogens (tertiary/aromatic N) is 1. The van der Waals surface area contributed by atoms with Crippen LogP contribution in [0.2, 0.25) is 0 Å². The van der Waals surface area contributed by atoms with E-state index in [1.165, 1.54) is 18.2 Å². The molecule has 0 unspecified atom stereocenters. The zero-order valence-corrected chi connectivity index (χ0v) is 8.31. The van der Waals surface area contributed by atoms with Gasteiger partial charge in [0.2, 0.25) is 0 Å². The van der Waals surface area contributed by atoms with E-state index >= 15 is 0 Å². The van der Waals surface area contributed by atoms with Crippen molar-refractivity contribution in [3.8, 4) is 22.9 Å². The maximum absolute atomic E-state index is 13.8. The molecule has 16 heavy (non-hydrogen) atoms. The van der Waals surface area contributed by atoms with Gasteiger partial charge in [0, 0.05) is 5.56 Å². The van der Waals surface area contributed by atoms with Crippen LogP contribution in [0.5, 0.6) is 5.75 Å². The smallest absolute Gasteiger partial charge is 0.148 e. The molecule has 0 aliphatic rings. The highest BCUT2D eigenvalue weighted by Crippen LogP contribution is 2.27. The number of phenolic OH excluding ortho intramolecular Hbond substituents is 1. The average molecular weight is 213 g/mol. The molecule has 2 aromatic carbocycles. The fourth-order valence-corrected chi connectivity index (χ4v) is 1.51. The third-order valence-electron chi connectivity index (χ3n) is 2.28. The van der Waals surface area contributed by atoms with E-state index in [0.717, 1.165) is 0 Å². The summed E-state index contributed by atoms with van der Waals surface area (Å²) in [5.74, 6) is -0.491. The van der Waals surface area contributed by atoms with E-state index in [0.29, 0.717) is 11.1 Å². The lowest BCUT2D eigenvalue weighted by molar-refractivity contribution is 0.475. The first kappa shape index (κ1) is 10.2. The first-order valence-corrected chi connectivity index (χ1v) is 4.70. The second kappa shape index (κ2) is 4.03. The Kier molecular flexibility index (Phi) is 2.57. The number of benzene rings is 2. The van der Waals surface area contributed by atoms with Gasteiger partial charge < -0.3 is 5.11 Å². The van der Waals surface area contributed by atoms with Crippen molar-refractivity contribution in [2.75, 3.05) is 0 Å². The Bertz CT molecular complexity index is 572. The van der Waals surface area contributed by atoms with Crippen LogP contribution in [-0.4, -0.2) is 5.11 Å². The van der Waals surface area contributed by atoms with E-state index in [2.05, 4.69) is 0 Å².